The fraction of sp³-hybridized carbons (Fsp3) is 0.222. The van der Waals surface area contributed by atoms with Crippen LogP contribution in [0.3, 0.4) is 0 Å². The van der Waals surface area contributed by atoms with Crippen LogP contribution in [-0.4, -0.2) is 45.3 Å². The summed E-state index contributed by atoms with van der Waals surface area (Å²) in [5, 5.41) is 6.30. The van der Waals surface area contributed by atoms with Gasteiger partial charge >= 0.3 is 18.3 Å². The molecule has 0 spiro atoms. The maximum absolute atomic E-state index is 13.1. The van der Waals surface area contributed by atoms with Gasteiger partial charge in [0.15, 0.2) is 6.04 Å². The van der Waals surface area contributed by atoms with Gasteiger partial charge in [-0.05, 0) is 17.7 Å². The Hall–Kier alpha value is -3.24. The summed E-state index contributed by atoms with van der Waals surface area (Å²) in [5.74, 6) is -0.877. The summed E-state index contributed by atoms with van der Waals surface area (Å²) < 4.78 is 78.0. The van der Waals surface area contributed by atoms with Gasteiger partial charge in [-0.1, -0.05) is 12.1 Å². The fourth-order valence-corrected chi connectivity index (χ4v) is 3.24. The van der Waals surface area contributed by atoms with Crippen molar-refractivity contribution in [2.24, 2.45) is 4.99 Å². The van der Waals surface area contributed by atoms with Crippen molar-refractivity contribution in [2.45, 2.75) is 18.4 Å². The Kier molecular flexibility index (Phi) is 4.21. The molecule has 1 atom stereocenters. The maximum atomic E-state index is 13.1. The van der Waals surface area contributed by atoms with E-state index in [2.05, 4.69) is 15.2 Å². The standard InChI is InChI=1S/C18H10F6N4O/c19-17(20,21)8-28-13-5-10(9-1-3-11(4-2-9)18(22,23)24)6-25-15(13)14-12(16(28)29)7-26-27-14/h1-7,15H,8H2/p+1. The minimum Gasteiger partial charge on any atom is -0.279 e. The lowest BCUT2D eigenvalue weighted by atomic mass is 9.93. The molecule has 0 fully saturated rings. The first-order chi connectivity index (χ1) is 13.5. The van der Waals surface area contributed by atoms with Gasteiger partial charge in [0.2, 0.25) is 12.3 Å². The average molecular weight is 413 g/mol. The normalized spacial score (nSPS) is 19.2. The highest BCUT2D eigenvalue weighted by Gasteiger charge is 2.47. The Morgan fingerprint density at radius 3 is 2.38 bits per heavy atom. The number of nitrogens with one attached hydrogen (secondary N) is 1. The number of fused-ring (bicyclic) bond motifs is 3. The van der Waals surface area contributed by atoms with Crippen LogP contribution in [0.5, 0.6) is 0 Å². The molecule has 2 aliphatic heterocycles. The van der Waals surface area contributed by atoms with E-state index in [4.69, 9.17) is 0 Å². The van der Waals surface area contributed by atoms with Crippen LogP contribution in [0.15, 0.2) is 41.5 Å². The Balaban J connectivity index is 1.79. The Labute approximate surface area is 159 Å². The number of aromatic nitrogens is 2. The zero-order chi connectivity index (χ0) is 21.0. The lowest BCUT2D eigenvalue weighted by Crippen LogP contribution is -2.41. The number of hydrogen-bond acceptors (Lipinski definition) is 3. The molecule has 11 heteroatoms. The predicted octanol–water partition coefficient (Wildman–Crippen LogP) is 3.81. The molecular weight excluding hydrogens is 402 g/mol. The van der Waals surface area contributed by atoms with Crippen LogP contribution in [0.1, 0.15) is 33.2 Å². The molecule has 3 heterocycles. The highest BCUT2D eigenvalue weighted by Crippen LogP contribution is 2.34. The zero-order valence-electron chi connectivity index (χ0n) is 14.3. The van der Waals surface area contributed by atoms with Gasteiger partial charge in [0, 0.05) is 17.9 Å². The van der Waals surface area contributed by atoms with Crippen LogP contribution in [0.4, 0.5) is 26.3 Å². The Morgan fingerprint density at radius 1 is 1.07 bits per heavy atom. The Morgan fingerprint density at radius 2 is 1.76 bits per heavy atom. The number of aliphatic imine (C=N–C) groups is 1. The van der Waals surface area contributed by atoms with E-state index >= 15 is 0 Å². The first-order valence-corrected chi connectivity index (χ1v) is 8.26. The predicted molar refractivity (Wildman–Crippen MR) is 89.8 cm³/mol. The molecule has 4 rings (SSSR count). The third-order valence-electron chi connectivity index (χ3n) is 4.56. The van der Waals surface area contributed by atoms with Crippen molar-refractivity contribution in [2.75, 3.05) is 6.54 Å². The van der Waals surface area contributed by atoms with Gasteiger partial charge in [-0.15, -0.1) is 4.58 Å². The summed E-state index contributed by atoms with van der Waals surface area (Å²) in [6.45, 7) is -1.52. The van der Waals surface area contributed by atoms with Gasteiger partial charge in [0.1, 0.15) is 5.56 Å². The number of hydrogen-bond donors (Lipinski definition) is 1. The summed E-state index contributed by atoms with van der Waals surface area (Å²) in [6, 6.07) is 3.23. The molecule has 1 aromatic heterocycles. The van der Waals surface area contributed by atoms with E-state index in [9.17, 15) is 31.1 Å². The minimum atomic E-state index is -4.65. The number of rotatable bonds is 2. The zero-order valence-corrected chi connectivity index (χ0v) is 14.3. The van der Waals surface area contributed by atoms with Crippen LogP contribution in [-0.2, 0) is 6.18 Å². The summed E-state index contributed by atoms with van der Waals surface area (Å²) in [6.07, 6.45) is -5.35. The van der Waals surface area contributed by atoms with Crippen molar-refractivity contribution in [3.63, 3.8) is 0 Å². The van der Waals surface area contributed by atoms with Gasteiger partial charge in [-0.2, -0.15) is 31.4 Å². The molecule has 0 saturated heterocycles. The van der Waals surface area contributed by atoms with E-state index in [0.29, 0.717) is 10.1 Å². The molecule has 1 N–H and O–H groups in total. The van der Waals surface area contributed by atoms with Crippen molar-refractivity contribution in [1.82, 2.24) is 10.2 Å². The monoisotopic (exact) mass is 413 g/mol. The van der Waals surface area contributed by atoms with Gasteiger partial charge in [0.05, 0.1) is 17.5 Å². The van der Waals surface area contributed by atoms with Gasteiger partial charge in [-0.3, -0.25) is 10.1 Å². The second-order valence-electron chi connectivity index (χ2n) is 6.48. The van der Waals surface area contributed by atoms with Crippen molar-refractivity contribution in [3.8, 4) is 0 Å². The molecule has 0 radical (unpaired) electrons. The molecule has 0 saturated carbocycles. The van der Waals surface area contributed by atoms with Crippen LogP contribution < -0.4 is 0 Å². The summed E-state index contributed by atoms with van der Waals surface area (Å²) in [4.78, 5) is 16.8. The van der Waals surface area contributed by atoms with Crippen LogP contribution in [0, 0.1) is 0 Å². The molecule has 0 bridgehead atoms. The lowest BCUT2D eigenvalue weighted by molar-refractivity contribution is -0.474. The third kappa shape index (κ3) is 3.47. The minimum absolute atomic E-state index is 0.00784. The molecule has 1 amide bonds. The number of halogens is 6. The van der Waals surface area contributed by atoms with Gasteiger partial charge in [-0.25, -0.2) is 4.79 Å². The highest BCUT2D eigenvalue weighted by molar-refractivity contribution is 6.22. The van der Waals surface area contributed by atoms with E-state index in [1.807, 2.05) is 0 Å². The summed E-state index contributed by atoms with van der Waals surface area (Å²) >= 11 is 0. The number of allylic oxidation sites excluding steroid dienone is 1. The Bertz CT molecular complexity index is 1070. The number of nitrogens with zero attached hydrogens (tertiary/aromatic N) is 3. The topological polar surface area (TPSA) is 61.1 Å². The number of aromatic amines is 1. The molecule has 1 aromatic carbocycles. The smallest absolute Gasteiger partial charge is 0.279 e. The number of carbonyl (C=O) groups excluding carboxylic acids is 1. The van der Waals surface area contributed by atoms with E-state index in [1.165, 1.54) is 24.4 Å². The number of amides is 1. The highest BCUT2D eigenvalue weighted by atomic mass is 19.4. The fourth-order valence-electron chi connectivity index (χ4n) is 3.24. The van der Waals surface area contributed by atoms with Crippen LogP contribution in [0.2, 0.25) is 0 Å². The molecular formula is C18H11F6N4O+. The first-order valence-electron chi connectivity index (χ1n) is 8.26. The second kappa shape index (κ2) is 6.39. The van der Waals surface area contributed by atoms with Gasteiger partial charge < -0.3 is 0 Å². The van der Waals surface area contributed by atoms with Crippen molar-refractivity contribution < 1.29 is 35.7 Å². The molecule has 29 heavy (non-hydrogen) atoms. The maximum Gasteiger partial charge on any atom is 0.448 e. The quantitative estimate of drug-likeness (QED) is 0.601. The van der Waals surface area contributed by atoms with Gasteiger partial charge in [0.25, 0.3) is 0 Å². The number of alkyl halides is 6. The first kappa shape index (κ1) is 19.1. The molecule has 2 aliphatic rings. The molecule has 0 aliphatic carbocycles. The summed E-state index contributed by atoms with van der Waals surface area (Å²) in [5.41, 5.74) is -0.0143. The summed E-state index contributed by atoms with van der Waals surface area (Å²) in [7, 11) is 0. The largest absolute Gasteiger partial charge is 0.448 e. The molecule has 5 nitrogen and oxygen atoms in total. The van der Waals surface area contributed by atoms with Crippen molar-refractivity contribution >= 4 is 23.4 Å². The van der Waals surface area contributed by atoms with Crippen LogP contribution >= 0.6 is 0 Å². The lowest BCUT2D eigenvalue weighted by Gasteiger charge is -2.21. The number of benzene rings is 1. The second-order valence-corrected chi connectivity index (χ2v) is 6.48. The van der Waals surface area contributed by atoms with E-state index in [0.717, 1.165) is 18.3 Å². The average Bonchev–Trinajstić information content (AvgIpc) is 3.13. The van der Waals surface area contributed by atoms with E-state index in [1.54, 1.807) is 0 Å². The third-order valence-corrected chi connectivity index (χ3v) is 4.56. The number of carbonyl (C=O) groups is 1. The van der Waals surface area contributed by atoms with Crippen molar-refractivity contribution in [1.29, 1.82) is 0 Å². The number of H-pyrrole nitrogens is 1. The molecule has 2 aromatic rings. The number of dihydropyridines is 1. The van der Waals surface area contributed by atoms with Crippen molar-refractivity contribution in [3.05, 3.63) is 58.9 Å². The molecule has 1 unspecified atom stereocenters. The van der Waals surface area contributed by atoms with Crippen LogP contribution in [0.25, 0.3) is 5.57 Å². The van der Waals surface area contributed by atoms with E-state index in [-0.39, 0.29) is 22.5 Å². The van der Waals surface area contributed by atoms with E-state index < -0.39 is 36.4 Å². The SMILES string of the molecule is O=C1c2cn[nH]c2C2N=CC(c3ccc(C(F)(F)F)cc3)=CC2=[N+]1CC(F)(F)F. The molecule has 150 valence electrons.